The first-order valence-corrected chi connectivity index (χ1v) is 5.58. The highest BCUT2D eigenvalue weighted by atomic mass is 32.1. The van der Waals surface area contributed by atoms with E-state index in [9.17, 15) is 4.39 Å². The second-order valence-corrected chi connectivity index (χ2v) is 3.71. The molecule has 0 aromatic heterocycles. The van der Waals surface area contributed by atoms with Crippen LogP contribution in [0.5, 0.6) is 0 Å². The predicted octanol–water partition coefficient (Wildman–Crippen LogP) is 3.14. The van der Waals surface area contributed by atoms with E-state index in [1.54, 1.807) is 12.1 Å². The topological polar surface area (TPSA) is 3.24 Å². The van der Waals surface area contributed by atoms with Gasteiger partial charge in [-0.1, -0.05) is 6.58 Å². The Kier molecular flexibility index (Phi) is 4.69. The maximum absolute atomic E-state index is 12.7. The van der Waals surface area contributed by atoms with Crippen LogP contribution in [0.1, 0.15) is 6.92 Å². The lowest BCUT2D eigenvalue weighted by atomic mass is 10.2. The summed E-state index contributed by atoms with van der Waals surface area (Å²) in [5.41, 5.74) is 2.08. The number of likely N-dealkylation sites (N-methyl/N-ethyl adjacent to an activating group) is 1. The summed E-state index contributed by atoms with van der Waals surface area (Å²) in [6, 6.07) is 6.51. The first-order chi connectivity index (χ1) is 7.17. The van der Waals surface area contributed by atoms with Gasteiger partial charge in [0.15, 0.2) is 0 Å². The van der Waals surface area contributed by atoms with Crippen molar-refractivity contribution in [3.8, 4) is 0 Å². The monoisotopic (exact) mass is 225 g/mol. The highest BCUT2D eigenvalue weighted by Crippen LogP contribution is 2.15. The van der Waals surface area contributed by atoms with E-state index in [0.717, 1.165) is 24.4 Å². The van der Waals surface area contributed by atoms with Crippen molar-refractivity contribution in [3.63, 3.8) is 0 Å². The smallest absolute Gasteiger partial charge is 0.123 e. The summed E-state index contributed by atoms with van der Waals surface area (Å²) < 4.78 is 12.7. The molecule has 0 aliphatic carbocycles. The average molecular weight is 225 g/mol. The van der Waals surface area contributed by atoms with E-state index in [0.29, 0.717) is 5.75 Å². The number of nitrogens with zero attached hydrogens (tertiary/aromatic N) is 1. The van der Waals surface area contributed by atoms with Crippen LogP contribution in [-0.4, -0.2) is 18.8 Å². The van der Waals surface area contributed by atoms with Gasteiger partial charge in [-0.05, 0) is 36.8 Å². The van der Waals surface area contributed by atoms with Gasteiger partial charge in [-0.25, -0.2) is 4.39 Å². The van der Waals surface area contributed by atoms with E-state index < -0.39 is 0 Å². The van der Waals surface area contributed by atoms with E-state index in [1.165, 1.54) is 12.1 Å². The zero-order chi connectivity index (χ0) is 11.3. The normalized spacial score (nSPS) is 10.1. The minimum Gasteiger partial charge on any atom is -0.368 e. The van der Waals surface area contributed by atoms with Crippen LogP contribution in [0.15, 0.2) is 36.4 Å². The molecule has 0 heterocycles. The first-order valence-electron chi connectivity index (χ1n) is 4.95. The second kappa shape index (κ2) is 5.81. The number of thiol groups is 1. The van der Waals surface area contributed by atoms with Crippen LogP contribution in [0.2, 0.25) is 0 Å². The fraction of sp³-hybridized carbons (Fsp3) is 0.333. The van der Waals surface area contributed by atoms with Gasteiger partial charge >= 0.3 is 0 Å². The van der Waals surface area contributed by atoms with Gasteiger partial charge in [-0.15, -0.1) is 0 Å². The summed E-state index contributed by atoms with van der Waals surface area (Å²) in [5.74, 6) is 0.473. The Hall–Kier alpha value is -0.960. The van der Waals surface area contributed by atoms with Crippen molar-refractivity contribution in [2.45, 2.75) is 6.92 Å². The molecule has 0 unspecified atom stereocenters. The van der Waals surface area contributed by atoms with Crippen LogP contribution in [0.3, 0.4) is 0 Å². The molecule has 1 aromatic carbocycles. The minimum atomic E-state index is -0.206. The van der Waals surface area contributed by atoms with Gasteiger partial charge in [0.25, 0.3) is 0 Å². The average Bonchev–Trinajstić information content (AvgIpc) is 2.27. The molecule has 0 saturated heterocycles. The number of hydrogen-bond acceptors (Lipinski definition) is 2. The van der Waals surface area contributed by atoms with Gasteiger partial charge in [0.1, 0.15) is 5.82 Å². The molecule has 0 radical (unpaired) electrons. The second-order valence-electron chi connectivity index (χ2n) is 3.40. The lowest BCUT2D eigenvalue weighted by molar-refractivity contribution is 0.627. The largest absolute Gasteiger partial charge is 0.368 e. The van der Waals surface area contributed by atoms with Crippen LogP contribution in [0.4, 0.5) is 10.1 Å². The van der Waals surface area contributed by atoms with Gasteiger partial charge in [-0.2, -0.15) is 12.6 Å². The number of anilines is 1. The number of rotatable bonds is 5. The Morgan fingerprint density at radius 2 is 2.00 bits per heavy atom. The van der Waals surface area contributed by atoms with E-state index in [1.807, 2.05) is 0 Å². The molecule has 0 saturated carbocycles. The van der Waals surface area contributed by atoms with Crippen LogP contribution >= 0.6 is 12.6 Å². The summed E-state index contributed by atoms with van der Waals surface area (Å²) >= 11 is 4.17. The molecule has 0 bridgehead atoms. The highest BCUT2D eigenvalue weighted by molar-refractivity contribution is 7.80. The summed E-state index contributed by atoms with van der Waals surface area (Å²) in [7, 11) is 0. The van der Waals surface area contributed by atoms with Crippen molar-refractivity contribution < 1.29 is 4.39 Å². The highest BCUT2D eigenvalue weighted by Gasteiger charge is 2.05. The molecule has 15 heavy (non-hydrogen) atoms. The molecule has 1 nitrogen and oxygen atoms in total. The number of benzene rings is 1. The van der Waals surface area contributed by atoms with Crippen LogP contribution in [-0.2, 0) is 0 Å². The zero-order valence-electron chi connectivity index (χ0n) is 8.91. The van der Waals surface area contributed by atoms with Crippen molar-refractivity contribution >= 4 is 18.3 Å². The molecule has 1 aromatic rings. The molecule has 0 fully saturated rings. The molecule has 3 heteroatoms. The van der Waals surface area contributed by atoms with Crippen molar-refractivity contribution in [3.05, 3.63) is 42.2 Å². The van der Waals surface area contributed by atoms with E-state index >= 15 is 0 Å². The van der Waals surface area contributed by atoms with Gasteiger partial charge in [-0.3, -0.25) is 0 Å². The quantitative estimate of drug-likeness (QED) is 0.595. The third-order valence-electron chi connectivity index (χ3n) is 2.21. The third-order valence-corrected chi connectivity index (χ3v) is 2.66. The molecule has 0 amide bonds. The van der Waals surface area contributed by atoms with Crippen LogP contribution in [0.25, 0.3) is 0 Å². The molecule has 0 aliphatic rings. The molecule has 0 spiro atoms. The maximum atomic E-state index is 12.7. The zero-order valence-corrected chi connectivity index (χ0v) is 9.80. The Balaban J connectivity index is 2.74. The lowest BCUT2D eigenvalue weighted by Crippen LogP contribution is -2.25. The maximum Gasteiger partial charge on any atom is 0.123 e. The van der Waals surface area contributed by atoms with Crippen molar-refractivity contribution in [2.75, 3.05) is 23.7 Å². The molecule has 0 aliphatic heterocycles. The van der Waals surface area contributed by atoms with E-state index in [4.69, 9.17) is 0 Å². The van der Waals surface area contributed by atoms with Crippen molar-refractivity contribution in [1.82, 2.24) is 0 Å². The molecular formula is C12H16FNS. The summed E-state index contributed by atoms with van der Waals surface area (Å²) in [4.78, 5) is 2.14. The van der Waals surface area contributed by atoms with Gasteiger partial charge < -0.3 is 4.90 Å². The third kappa shape index (κ3) is 3.59. The Morgan fingerprint density at radius 1 is 1.40 bits per heavy atom. The fourth-order valence-corrected chi connectivity index (χ4v) is 1.46. The molecule has 1 rings (SSSR count). The summed E-state index contributed by atoms with van der Waals surface area (Å²) in [6.07, 6.45) is 0. The fourth-order valence-electron chi connectivity index (χ4n) is 1.36. The molecule has 0 atom stereocenters. The summed E-state index contributed by atoms with van der Waals surface area (Å²) in [5, 5.41) is 0. The van der Waals surface area contributed by atoms with E-state index in [2.05, 4.69) is 31.0 Å². The number of hydrogen-bond donors (Lipinski definition) is 1. The first kappa shape index (κ1) is 12.1. The predicted molar refractivity (Wildman–Crippen MR) is 67.3 cm³/mol. The summed E-state index contributed by atoms with van der Waals surface area (Å²) in [6.45, 7) is 7.62. The van der Waals surface area contributed by atoms with Gasteiger partial charge in [0.2, 0.25) is 0 Å². The van der Waals surface area contributed by atoms with E-state index in [-0.39, 0.29) is 5.82 Å². The lowest BCUT2D eigenvalue weighted by Gasteiger charge is -2.23. The Morgan fingerprint density at radius 3 is 2.47 bits per heavy atom. The Labute approximate surface area is 96.0 Å². The van der Waals surface area contributed by atoms with Gasteiger partial charge in [0, 0.05) is 24.5 Å². The molecular weight excluding hydrogens is 209 g/mol. The van der Waals surface area contributed by atoms with Crippen LogP contribution in [0, 0.1) is 5.82 Å². The minimum absolute atomic E-state index is 0.206. The SMILES string of the molecule is C=C(CS)CN(CC)c1ccc(F)cc1. The standard InChI is InChI=1S/C12H16FNS/c1-3-14(8-10(2)9-15)12-6-4-11(13)5-7-12/h4-7,15H,2-3,8-9H2,1H3. The molecule has 82 valence electrons. The van der Waals surface area contributed by atoms with Gasteiger partial charge in [0.05, 0.1) is 0 Å². The number of halogens is 1. The van der Waals surface area contributed by atoms with Crippen molar-refractivity contribution in [1.29, 1.82) is 0 Å². The van der Waals surface area contributed by atoms with Crippen molar-refractivity contribution in [2.24, 2.45) is 0 Å². The van der Waals surface area contributed by atoms with Crippen LogP contribution < -0.4 is 4.90 Å². The molecule has 0 N–H and O–H groups in total. The Bertz CT molecular complexity index is 321.